The number of ether oxygens (including phenoxy) is 3. The summed E-state index contributed by atoms with van der Waals surface area (Å²) in [5, 5.41) is 2.65. The molecule has 0 aliphatic carbocycles. The lowest BCUT2D eigenvalue weighted by Gasteiger charge is -2.37. The molecule has 3 heterocycles. The first kappa shape index (κ1) is 34.8. The van der Waals surface area contributed by atoms with E-state index in [1.807, 2.05) is 31.2 Å². The van der Waals surface area contributed by atoms with Crippen molar-refractivity contribution in [3.05, 3.63) is 82.3 Å². The van der Waals surface area contributed by atoms with Crippen molar-refractivity contribution in [2.45, 2.75) is 38.2 Å². The molecule has 6 rings (SSSR count). The van der Waals surface area contributed by atoms with Crippen molar-refractivity contribution < 1.29 is 19.0 Å². The Morgan fingerprint density at radius 3 is 2.31 bits per heavy atom. The van der Waals surface area contributed by atoms with Gasteiger partial charge in [0.15, 0.2) is 0 Å². The molecule has 0 saturated carbocycles. The zero-order valence-electron chi connectivity index (χ0n) is 27.7. The van der Waals surface area contributed by atoms with Crippen molar-refractivity contribution in [1.82, 2.24) is 10.4 Å². The average molecular weight is 710 g/mol. The fourth-order valence-corrected chi connectivity index (χ4v) is 6.70. The van der Waals surface area contributed by atoms with Gasteiger partial charge in [-0.2, -0.15) is 0 Å². The van der Waals surface area contributed by atoms with E-state index >= 15 is 0 Å². The number of aliphatic imine (C=N–C) groups is 2. The normalized spacial score (nSPS) is 22.2. The number of amides is 2. The molecule has 0 bridgehead atoms. The van der Waals surface area contributed by atoms with Crippen LogP contribution in [0.2, 0.25) is 10.0 Å². The van der Waals surface area contributed by atoms with Crippen LogP contribution in [0.5, 0.6) is 5.75 Å². The minimum Gasteiger partial charge on any atom is -0.491 e. The molecule has 260 valence electrons. The first-order chi connectivity index (χ1) is 23.8. The highest BCUT2D eigenvalue weighted by Crippen LogP contribution is 2.40. The third-order valence-corrected chi connectivity index (χ3v) is 9.59. The molecule has 0 radical (unpaired) electrons. The van der Waals surface area contributed by atoms with Crippen LogP contribution in [0.1, 0.15) is 25.8 Å². The van der Waals surface area contributed by atoms with Gasteiger partial charge in [0.1, 0.15) is 24.8 Å². The molecule has 0 spiro atoms. The number of piperazine rings is 1. The summed E-state index contributed by atoms with van der Waals surface area (Å²) < 4.78 is 18.6. The molecule has 3 N–H and O–H groups in total. The monoisotopic (exact) mass is 708 g/mol. The van der Waals surface area contributed by atoms with Crippen molar-refractivity contribution in [3.8, 4) is 5.75 Å². The Balaban J connectivity index is 0.995. The van der Waals surface area contributed by atoms with E-state index in [4.69, 9.17) is 43.1 Å². The number of urea groups is 1. The molecule has 2 amide bonds. The Morgan fingerprint density at radius 2 is 1.67 bits per heavy atom. The number of hydrazine groups is 1. The number of carbonyl (C=O) groups is 1. The Hall–Kier alpha value is -4.07. The van der Waals surface area contributed by atoms with Gasteiger partial charge in [0, 0.05) is 59.9 Å². The molecular formula is C35H42Cl2N8O4. The minimum atomic E-state index is -1.20. The summed E-state index contributed by atoms with van der Waals surface area (Å²) in [5.41, 5.74) is 12.3. The Morgan fingerprint density at radius 1 is 1.02 bits per heavy atom. The molecular weight excluding hydrogens is 667 g/mol. The van der Waals surface area contributed by atoms with Crippen molar-refractivity contribution in [2.24, 2.45) is 15.7 Å². The number of halogens is 2. The van der Waals surface area contributed by atoms with Crippen LogP contribution in [-0.4, -0.2) is 88.5 Å². The SMILES string of the molecule is CCC(C)N1NCN(c2ccc(N3CCN(c4ccc(OC[C@@H]5CO[C@@](CN=CN=CN)(c6ccc(Cl)cc6Cl)O5)cc4)CC3)cc2)C1=O. The van der Waals surface area contributed by atoms with E-state index in [0.29, 0.717) is 28.9 Å². The Bertz CT molecular complexity index is 1640. The number of hydrogen-bond acceptors (Lipinski definition) is 8. The second-order valence-corrected chi connectivity index (χ2v) is 13.0. The maximum absolute atomic E-state index is 12.9. The fourth-order valence-electron chi connectivity index (χ4n) is 6.15. The molecule has 14 heteroatoms. The third-order valence-electron chi connectivity index (χ3n) is 9.05. The molecule has 3 saturated heterocycles. The summed E-state index contributed by atoms with van der Waals surface area (Å²) in [6.45, 7) is 8.89. The predicted molar refractivity (Wildman–Crippen MR) is 195 cm³/mol. The van der Waals surface area contributed by atoms with Gasteiger partial charge in [-0.1, -0.05) is 36.2 Å². The Labute approximate surface area is 297 Å². The van der Waals surface area contributed by atoms with Gasteiger partial charge in [-0.05, 0) is 74.0 Å². The van der Waals surface area contributed by atoms with Crippen LogP contribution in [0.15, 0.2) is 76.7 Å². The van der Waals surface area contributed by atoms with E-state index in [1.165, 1.54) is 6.34 Å². The van der Waals surface area contributed by atoms with Gasteiger partial charge in [0.2, 0.25) is 5.79 Å². The number of nitrogens with one attached hydrogen (secondary N) is 1. The number of rotatable bonds is 12. The first-order valence-electron chi connectivity index (χ1n) is 16.5. The van der Waals surface area contributed by atoms with E-state index in [-0.39, 0.29) is 31.3 Å². The number of anilines is 3. The molecule has 1 unspecified atom stereocenters. The molecule has 0 aromatic heterocycles. The van der Waals surface area contributed by atoms with E-state index in [0.717, 1.165) is 61.8 Å². The highest BCUT2D eigenvalue weighted by Gasteiger charge is 2.45. The van der Waals surface area contributed by atoms with Crippen LogP contribution >= 0.6 is 23.2 Å². The highest BCUT2D eigenvalue weighted by molar-refractivity contribution is 6.35. The van der Waals surface area contributed by atoms with Crippen LogP contribution in [0.4, 0.5) is 21.9 Å². The van der Waals surface area contributed by atoms with Crippen LogP contribution in [0.25, 0.3) is 0 Å². The fraction of sp³-hybridized carbons (Fsp3) is 0.400. The lowest BCUT2D eigenvalue weighted by Crippen LogP contribution is -2.46. The number of hydrogen-bond donors (Lipinski definition) is 2. The van der Waals surface area contributed by atoms with Gasteiger partial charge >= 0.3 is 6.03 Å². The smallest absolute Gasteiger partial charge is 0.340 e. The summed E-state index contributed by atoms with van der Waals surface area (Å²) in [5.74, 6) is -0.466. The van der Waals surface area contributed by atoms with Gasteiger partial charge in [0.25, 0.3) is 0 Å². The van der Waals surface area contributed by atoms with E-state index in [2.05, 4.69) is 56.4 Å². The molecule has 49 heavy (non-hydrogen) atoms. The van der Waals surface area contributed by atoms with Crippen LogP contribution in [-0.2, 0) is 15.3 Å². The first-order valence-corrected chi connectivity index (χ1v) is 17.2. The van der Waals surface area contributed by atoms with Crippen LogP contribution in [0, 0.1) is 0 Å². The molecule has 12 nitrogen and oxygen atoms in total. The van der Waals surface area contributed by atoms with Gasteiger partial charge < -0.3 is 29.7 Å². The molecule has 3 atom stereocenters. The molecule has 3 fully saturated rings. The van der Waals surface area contributed by atoms with E-state index in [1.54, 1.807) is 28.1 Å². The van der Waals surface area contributed by atoms with Crippen molar-refractivity contribution in [1.29, 1.82) is 0 Å². The third kappa shape index (κ3) is 7.89. The second kappa shape index (κ2) is 15.6. The van der Waals surface area contributed by atoms with Crippen molar-refractivity contribution in [2.75, 3.05) is 67.3 Å². The zero-order valence-corrected chi connectivity index (χ0v) is 29.2. The van der Waals surface area contributed by atoms with Gasteiger partial charge in [-0.25, -0.2) is 15.2 Å². The zero-order chi connectivity index (χ0) is 34.4. The molecule has 3 aliphatic rings. The number of nitrogens with two attached hydrogens (primary N) is 1. The second-order valence-electron chi connectivity index (χ2n) is 12.1. The lowest BCUT2D eigenvalue weighted by molar-refractivity contribution is -0.170. The standard InChI is InChI=1S/C35H42Cl2N8O4/c1-3-25(2)45-34(46)44(24-41-45)29-7-5-27(6-8-29)42-14-16-43(17-15-42)28-9-11-30(12-10-28)47-19-31-20-48-35(49-31,21-39-23-40-22-38)32-13-4-26(36)18-33(32)37/h4-13,18,22-23,25,31,41H,3,14-17,19-21,24H2,1-2H3,(H2,38,39,40)/t25?,31-,35-/m1/s1. The molecule has 3 aliphatic heterocycles. The summed E-state index contributed by atoms with van der Waals surface area (Å²) >= 11 is 12.7. The maximum Gasteiger partial charge on any atom is 0.340 e. The molecule has 3 aromatic carbocycles. The lowest BCUT2D eigenvalue weighted by atomic mass is 10.1. The number of nitrogens with zero attached hydrogens (tertiary/aromatic N) is 6. The largest absolute Gasteiger partial charge is 0.491 e. The van der Waals surface area contributed by atoms with E-state index < -0.39 is 5.79 Å². The van der Waals surface area contributed by atoms with Gasteiger partial charge in [0.05, 0.1) is 31.2 Å². The van der Waals surface area contributed by atoms with Crippen molar-refractivity contribution in [3.63, 3.8) is 0 Å². The summed E-state index contributed by atoms with van der Waals surface area (Å²) in [6, 6.07) is 21.7. The predicted octanol–water partition coefficient (Wildman–Crippen LogP) is 5.49. The minimum absolute atomic E-state index is 0.00881. The highest BCUT2D eigenvalue weighted by atomic mass is 35.5. The van der Waals surface area contributed by atoms with Crippen LogP contribution in [0.3, 0.4) is 0 Å². The summed E-state index contributed by atoms with van der Waals surface area (Å²) in [4.78, 5) is 27.5. The van der Waals surface area contributed by atoms with Crippen molar-refractivity contribution >= 4 is 59.0 Å². The van der Waals surface area contributed by atoms with E-state index in [9.17, 15) is 4.79 Å². The maximum atomic E-state index is 12.9. The summed E-state index contributed by atoms with van der Waals surface area (Å²) in [7, 11) is 0. The van der Waals surface area contributed by atoms with Gasteiger partial charge in [-0.3, -0.25) is 14.9 Å². The summed E-state index contributed by atoms with van der Waals surface area (Å²) in [6.07, 6.45) is 3.05. The number of carbonyl (C=O) groups excluding carboxylic acids is 1. The van der Waals surface area contributed by atoms with Crippen LogP contribution < -0.4 is 30.6 Å². The topological polar surface area (TPSA) is 120 Å². The molecule has 3 aromatic rings. The Kier molecular flexibility index (Phi) is 11.1. The quantitative estimate of drug-likeness (QED) is 0.187. The van der Waals surface area contributed by atoms with Gasteiger partial charge in [-0.15, -0.1) is 0 Å². The average Bonchev–Trinajstić information content (AvgIpc) is 3.73. The number of benzene rings is 3.